The number of fused-ring (bicyclic) bond motifs is 1. The van der Waals surface area contributed by atoms with Gasteiger partial charge in [-0.15, -0.1) is 0 Å². The first kappa shape index (κ1) is 15.3. The molecule has 118 valence electrons. The first-order chi connectivity index (χ1) is 10.3. The van der Waals surface area contributed by atoms with Crippen molar-refractivity contribution in [3.63, 3.8) is 0 Å². The third kappa shape index (κ3) is 3.11. The van der Waals surface area contributed by atoms with Gasteiger partial charge >= 0.3 is 0 Å². The van der Waals surface area contributed by atoms with E-state index in [2.05, 4.69) is 10.3 Å². The summed E-state index contributed by atoms with van der Waals surface area (Å²) in [5, 5.41) is 14.6. The van der Waals surface area contributed by atoms with Crippen LogP contribution in [-0.4, -0.2) is 33.7 Å². The number of halogens is 1. The molecule has 0 spiro atoms. The van der Waals surface area contributed by atoms with Crippen molar-refractivity contribution in [1.82, 2.24) is 10.3 Å². The maximum atomic E-state index is 12.4. The molecule has 1 amide bonds. The van der Waals surface area contributed by atoms with E-state index in [1.807, 2.05) is 6.07 Å². The van der Waals surface area contributed by atoms with Crippen LogP contribution in [0.2, 0.25) is 5.02 Å². The highest BCUT2D eigenvalue weighted by Crippen LogP contribution is 2.27. The van der Waals surface area contributed by atoms with Crippen LogP contribution in [0.5, 0.6) is 0 Å². The molecule has 0 saturated heterocycles. The van der Waals surface area contributed by atoms with Crippen LogP contribution < -0.4 is 11.1 Å². The highest BCUT2D eigenvalue weighted by Gasteiger charge is 2.35. The van der Waals surface area contributed by atoms with Crippen molar-refractivity contribution in [1.29, 1.82) is 0 Å². The number of amides is 1. The van der Waals surface area contributed by atoms with Gasteiger partial charge in [-0.25, -0.2) is 0 Å². The van der Waals surface area contributed by atoms with Gasteiger partial charge < -0.3 is 21.1 Å². The minimum absolute atomic E-state index is 0.136. The van der Waals surface area contributed by atoms with Gasteiger partial charge in [-0.2, -0.15) is 0 Å². The van der Waals surface area contributed by atoms with Crippen LogP contribution in [0.15, 0.2) is 24.3 Å². The first-order valence-corrected chi connectivity index (χ1v) is 7.79. The van der Waals surface area contributed by atoms with Gasteiger partial charge in [0.25, 0.3) is 5.91 Å². The smallest absolute Gasteiger partial charge is 0.268 e. The highest BCUT2D eigenvalue weighted by atomic mass is 35.5. The van der Waals surface area contributed by atoms with Gasteiger partial charge in [-0.3, -0.25) is 4.79 Å². The van der Waals surface area contributed by atoms with E-state index >= 15 is 0 Å². The molecule has 1 saturated carbocycles. The summed E-state index contributed by atoms with van der Waals surface area (Å²) < 4.78 is 0. The first-order valence-electron chi connectivity index (χ1n) is 7.41. The Morgan fingerprint density at radius 1 is 1.50 bits per heavy atom. The van der Waals surface area contributed by atoms with Crippen molar-refractivity contribution in [2.45, 2.75) is 43.9 Å². The number of rotatable bonds is 2. The number of aliphatic hydroxyl groups is 1. The zero-order chi connectivity index (χ0) is 15.9. The summed E-state index contributed by atoms with van der Waals surface area (Å²) in [4.78, 5) is 15.5. The van der Waals surface area contributed by atoms with Crippen LogP contribution in [0.3, 0.4) is 0 Å². The number of aromatic amines is 1. The van der Waals surface area contributed by atoms with Crippen LogP contribution >= 0.6 is 11.6 Å². The van der Waals surface area contributed by atoms with Gasteiger partial charge in [0.1, 0.15) is 5.69 Å². The molecular formula is C16H20ClN3O2. The normalized spacial score (nSPS) is 28.7. The molecule has 5 N–H and O–H groups in total. The Morgan fingerprint density at radius 3 is 3.05 bits per heavy atom. The van der Waals surface area contributed by atoms with E-state index in [0.717, 1.165) is 10.9 Å². The van der Waals surface area contributed by atoms with Crippen LogP contribution in [-0.2, 0) is 0 Å². The second-order valence-electron chi connectivity index (χ2n) is 6.40. The molecule has 1 heterocycles. The standard InChI is InChI=1S/C16H20ClN3O2/c1-16(22)5-4-11(18)14(8-16)20-15(21)13-7-9-6-10(17)2-3-12(9)19-13/h2-3,6-7,11,14,19,22H,4-5,8,18H2,1H3,(H,20,21)/t11?,14-,16?/m0/s1. The summed E-state index contributed by atoms with van der Waals surface area (Å²) in [6.07, 6.45) is 1.82. The number of benzene rings is 1. The lowest BCUT2D eigenvalue weighted by atomic mass is 9.80. The Labute approximate surface area is 133 Å². The molecule has 1 aromatic carbocycles. The van der Waals surface area contributed by atoms with Gasteiger partial charge in [0.2, 0.25) is 0 Å². The molecule has 1 aliphatic carbocycles. The lowest BCUT2D eigenvalue weighted by Gasteiger charge is -2.38. The molecule has 0 aliphatic heterocycles. The Morgan fingerprint density at radius 2 is 2.27 bits per heavy atom. The summed E-state index contributed by atoms with van der Waals surface area (Å²) in [6, 6.07) is 6.82. The largest absolute Gasteiger partial charge is 0.390 e. The molecule has 1 aliphatic rings. The van der Waals surface area contributed by atoms with Gasteiger partial charge in [0.05, 0.1) is 5.60 Å². The van der Waals surface area contributed by atoms with Crippen LogP contribution in [0.4, 0.5) is 0 Å². The Kier molecular flexibility index (Phi) is 3.89. The molecule has 1 aromatic heterocycles. The monoisotopic (exact) mass is 321 g/mol. The van der Waals surface area contributed by atoms with E-state index in [9.17, 15) is 9.90 Å². The van der Waals surface area contributed by atoms with Crippen LogP contribution in [0, 0.1) is 0 Å². The van der Waals surface area contributed by atoms with Crippen molar-refractivity contribution >= 4 is 28.4 Å². The second kappa shape index (κ2) is 5.57. The fraction of sp³-hybridized carbons (Fsp3) is 0.438. The summed E-state index contributed by atoms with van der Waals surface area (Å²) in [6.45, 7) is 1.78. The average Bonchev–Trinajstić information content (AvgIpc) is 2.85. The molecule has 22 heavy (non-hydrogen) atoms. The van der Waals surface area contributed by atoms with E-state index in [1.54, 1.807) is 25.1 Å². The lowest BCUT2D eigenvalue weighted by Crippen LogP contribution is -2.55. The number of hydrogen-bond donors (Lipinski definition) is 4. The van der Waals surface area contributed by atoms with Gasteiger partial charge in [-0.05, 0) is 50.5 Å². The van der Waals surface area contributed by atoms with Gasteiger partial charge in [0, 0.05) is 28.0 Å². The predicted octanol–water partition coefficient (Wildman–Crippen LogP) is 2.18. The van der Waals surface area contributed by atoms with Crippen molar-refractivity contribution in [2.24, 2.45) is 5.73 Å². The number of H-pyrrole nitrogens is 1. The van der Waals surface area contributed by atoms with E-state index < -0.39 is 5.60 Å². The topological polar surface area (TPSA) is 91.1 Å². The quantitative estimate of drug-likeness (QED) is 0.683. The third-order valence-corrected chi connectivity index (χ3v) is 4.57. The molecule has 0 radical (unpaired) electrons. The van der Waals surface area contributed by atoms with Crippen molar-refractivity contribution in [3.05, 3.63) is 35.0 Å². The minimum Gasteiger partial charge on any atom is -0.390 e. The summed E-state index contributed by atoms with van der Waals surface area (Å²) in [5.41, 5.74) is 6.62. The molecule has 2 unspecified atom stereocenters. The Balaban J connectivity index is 1.77. The summed E-state index contributed by atoms with van der Waals surface area (Å²) >= 11 is 5.95. The number of carbonyl (C=O) groups excluding carboxylic acids is 1. The lowest BCUT2D eigenvalue weighted by molar-refractivity contribution is 0.00490. The highest BCUT2D eigenvalue weighted by molar-refractivity contribution is 6.31. The minimum atomic E-state index is -0.776. The van der Waals surface area contributed by atoms with E-state index in [-0.39, 0.29) is 18.0 Å². The fourth-order valence-electron chi connectivity index (χ4n) is 3.04. The second-order valence-corrected chi connectivity index (χ2v) is 6.83. The number of nitrogens with two attached hydrogens (primary N) is 1. The number of nitrogens with one attached hydrogen (secondary N) is 2. The molecule has 6 heteroatoms. The molecule has 2 aromatic rings. The van der Waals surface area contributed by atoms with Crippen LogP contribution in [0.25, 0.3) is 10.9 Å². The maximum Gasteiger partial charge on any atom is 0.268 e. The Bertz CT molecular complexity index is 710. The SMILES string of the molecule is CC1(O)CCC(N)[C@@H](NC(=O)c2cc3cc(Cl)ccc3[nH]2)C1. The molecule has 3 rings (SSSR count). The zero-order valence-corrected chi connectivity index (χ0v) is 13.2. The summed E-state index contributed by atoms with van der Waals surface area (Å²) in [5.74, 6) is -0.217. The van der Waals surface area contributed by atoms with Crippen molar-refractivity contribution in [3.8, 4) is 0 Å². The summed E-state index contributed by atoms with van der Waals surface area (Å²) in [7, 11) is 0. The van der Waals surface area contributed by atoms with E-state index in [0.29, 0.717) is 30.0 Å². The zero-order valence-electron chi connectivity index (χ0n) is 12.4. The number of hydrogen-bond acceptors (Lipinski definition) is 3. The third-order valence-electron chi connectivity index (χ3n) is 4.34. The number of carbonyl (C=O) groups is 1. The van der Waals surface area contributed by atoms with E-state index in [1.165, 1.54) is 0 Å². The van der Waals surface area contributed by atoms with Gasteiger partial charge in [0.15, 0.2) is 0 Å². The molecule has 5 nitrogen and oxygen atoms in total. The molecular weight excluding hydrogens is 302 g/mol. The van der Waals surface area contributed by atoms with Crippen molar-refractivity contribution in [2.75, 3.05) is 0 Å². The average molecular weight is 322 g/mol. The fourth-order valence-corrected chi connectivity index (χ4v) is 3.22. The maximum absolute atomic E-state index is 12.4. The Hall–Kier alpha value is -1.56. The predicted molar refractivity (Wildman–Crippen MR) is 87.0 cm³/mol. The molecule has 1 fully saturated rings. The number of aromatic nitrogens is 1. The molecule has 0 bridgehead atoms. The van der Waals surface area contributed by atoms with E-state index in [4.69, 9.17) is 17.3 Å². The van der Waals surface area contributed by atoms with Crippen LogP contribution in [0.1, 0.15) is 36.7 Å². The van der Waals surface area contributed by atoms with Gasteiger partial charge in [-0.1, -0.05) is 11.6 Å². The molecule has 3 atom stereocenters. The van der Waals surface area contributed by atoms with Crippen molar-refractivity contribution < 1.29 is 9.90 Å².